The molecule has 4 rings (SSSR count). The maximum Gasteiger partial charge on any atom is 0.255 e. The molecule has 3 aliphatic rings. The Labute approximate surface area is 215 Å². The lowest BCUT2D eigenvalue weighted by Gasteiger charge is -2.46. The summed E-state index contributed by atoms with van der Waals surface area (Å²) >= 11 is 0. The smallest absolute Gasteiger partial charge is 0.255 e. The molecule has 10 heteroatoms. The van der Waals surface area contributed by atoms with Crippen LogP contribution in [0.2, 0.25) is 0 Å². The molecule has 0 spiro atoms. The first-order valence-electron chi connectivity index (χ1n) is 12.3. The van der Waals surface area contributed by atoms with E-state index in [-0.39, 0.29) is 41.6 Å². The summed E-state index contributed by atoms with van der Waals surface area (Å²) in [6, 6.07) is 1.85. The highest BCUT2D eigenvalue weighted by Crippen LogP contribution is 2.53. The first kappa shape index (κ1) is 26.7. The first-order chi connectivity index (χ1) is 17.1. The van der Waals surface area contributed by atoms with Gasteiger partial charge in [-0.2, -0.15) is 0 Å². The number of rotatable bonds is 5. The largest absolute Gasteiger partial charge is 0.508 e. The number of carbonyl (C=O) groups is 3. The summed E-state index contributed by atoms with van der Waals surface area (Å²) in [6.07, 6.45) is 0.0305. The molecule has 0 radical (unpaired) electrons. The molecule has 10 nitrogen and oxygen atoms in total. The Bertz CT molecular complexity index is 1270. The molecule has 37 heavy (non-hydrogen) atoms. The van der Waals surface area contributed by atoms with Crippen molar-refractivity contribution < 1.29 is 34.8 Å². The number of hydrogen-bond donors (Lipinski definition) is 6. The Morgan fingerprint density at radius 2 is 1.84 bits per heavy atom. The maximum atomic E-state index is 13.7. The topological polar surface area (TPSA) is 173 Å². The number of anilines is 1. The molecule has 7 N–H and O–H groups in total. The Morgan fingerprint density at radius 3 is 2.41 bits per heavy atom. The standard InChI is InChI=1S/C27H35N3O7/c1-26(2,3)11-29-10-13-8-16(30(4)5)15-7-12-6-14-9-17(31)20(25(28)36)24(35)27(14,37)23(34)18(12)22(33)19(15)21(13)32/h8,12,14,29,32-33,35,37H,6-7,9-11H2,1-5H3,(H2,28,36)/t12-,14+,27+/m1/s1. The van der Waals surface area contributed by atoms with E-state index in [1.807, 2.05) is 25.1 Å². The summed E-state index contributed by atoms with van der Waals surface area (Å²) in [4.78, 5) is 39.8. The quantitative estimate of drug-likeness (QED) is 0.320. The van der Waals surface area contributed by atoms with Gasteiger partial charge in [0, 0.05) is 56.3 Å². The van der Waals surface area contributed by atoms with Gasteiger partial charge in [0.05, 0.1) is 5.56 Å². The van der Waals surface area contributed by atoms with Gasteiger partial charge in [-0.05, 0) is 35.8 Å². The zero-order valence-corrected chi connectivity index (χ0v) is 21.8. The number of phenolic OH excluding ortho intramolecular Hbond substituents is 1. The summed E-state index contributed by atoms with van der Waals surface area (Å²) in [5, 5.41) is 48.0. The van der Waals surface area contributed by atoms with Crippen molar-refractivity contribution in [2.75, 3.05) is 25.5 Å². The number of aromatic hydroxyl groups is 1. The number of Topliss-reactive ketones (excluding diaryl/α,β-unsaturated/α-hetero) is 2. The minimum atomic E-state index is -2.57. The Kier molecular flexibility index (Phi) is 6.41. The average Bonchev–Trinajstić information content (AvgIpc) is 2.76. The molecular formula is C27H35N3O7. The van der Waals surface area contributed by atoms with Gasteiger partial charge in [-0.15, -0.1) is 0 Å². The summed E-state index contributed by atoms with van der Waals surface area (Å²) in [7, 11) is 3.68. The predicted octanol–water partition coefficient (Wildman–Crippen LogP) is 1.63. The Morgan fingerprint density at radius 1 is 1.19 bits per heavy atom. The number of amides is 1. The second kappa shape index (κ2) is 8.88. The van der Waals surface area contributed by atoms with Crippen molar-refractivity contribution in [3.8, 4) is 5.75 Å². The van der Waals surface area contributed by atoms with E-state index in [4.69, 9.17) is 5.73 Å². The van der Waals surface area contributed by atoms with E-state index >= 15 is 0 Å². The van der Waals surface area contributed by atoms with E-state index in [0.29, 0.717) is 24.2 Å². The molecule has 0 heterocycles. The highest BCUT2D eigenvalue weighted by atomic mass is 16.3. The van der Waals surface area contributed by atoms with Crippen LogP contribution in [0.3, 0.4) is 0 Å². The number of carbonyl (C=O) groups excluding carboxylic acids is 3. The number of nitrogens with one attached hydrogen (secondary N) is 1. The first-order valence-corrected chi connectivity index (χ1v) is 12.3. The third kappa shape index (κ3) is 4.18. The van der Waals surface area contributed by atoms with E-state index in [9.17, 15) is 34.8 Å². The number of hydrogen-bond acceptors (Lipinski definition) is 9. The second-order valence-corrected chi connectivity index (χ2v) is 11.7. The lowest BCUT2D eigenvalue weighted by molar-refractivity contribution is -0.147. The van der Waals surface area contributed by atoms with Crippen molar-refractivity contribution in [3.05, 3.63) is 39.7 Å². The van der Waals surface area contributed by atoms with Gasteiger partial charge in [-0.25, -0.2) is 0 Å². The molecule has 1 amide bonds. The van der Waals surface area contributed by atoms with Crippen molar-refractivity contribution in [2.24, 2.45) is 23.0 Å². The van der Waals surface area contributed by atoms with Crippen molar-refractivity contribution >= 4 is 28.9 Å². The van der Waals surface area contributed by atoms with Crippen LogP contribution < -0.4 is 16.0 Å². The average molecular weight is 514 g/mol. The number of nitrogens with zero attached hydrogens (tertiary/aromatic N) is 1. The van der Waals surface area contributed by atoms with E-state index in [1.54, 1.807) is 0 Å². The zero-order chi connectivity index (χ0) is 27.6. The minimum Gasteiger partial charge on any atom is -0.508 e. The van der Waals surface area contributed by atoms with Crippen LogP contribution in [0.1, 0.15) is 50.3 Å². The van der Waals surface area contributed by atoms with E-state index in [0.717, 1.165) is 5.69 Å². The molecule has 1 saturated carbocycles. The fourth-order valence-corrected chi connectivity index (χ4v) is 5.83. The summed E-state index contributed by atoms with van der Waals surface area (Å²) in [5.41, 5.74) is 3.77. The van der Waals surface area contributed by atoms with Gasteiger partial charge >= 0.3 is 0 Å². The molecule has 1 fully saturated rings. The molecule has 200 valence electrons. The van der Waals surface area contributed by atoms with Crippen LogP contribution >= 0.6 is 0 Å². The van der Waals surface area contributed by atoms with Crippen LogP contribution in [-0.4, -0.2) is 64.1 Å². The van der Waals surface area contributed by atoms with Crippen LogP contribution in [0, 0.1) is 17.3 Å². The van der Waals surface area contributed by atoms with Gasteiger partial charge < -0.3 is 36.4 Å². The van der Waals surface area contributed by atoms with Crippen LogP contribution in [-0.2, 0) is 27.3 Å². The fourth-order valence-electron chi connectivity index (χ4n) is 5.83. The number of benzene rings is 1. The molecule has 0 aromatic heterocycles. The number of aliphatic hydroxyl groups excluding tert-OH is 2. The third-order valence-electron chi connectivity index (χ3n) is 7.57. The van der Waals surface area contributed by atoms with E-state index in [1.165, 1.54) is 0 Å². The number of primary amides is 1. The normalized spacial score (nSPS) is 25.6. The Balaban J connectivity index is 1.87. The van der Waals surface area contributed by atoms with Gasteiger partial charge in [0.2, 0.25) is 5.78 Å². The van der Waals surface area contributed by atoms with Crippen LogP contribution in [0.25, 0.3) is 5.76 Å². The van der Waals surface area contributed by atoms with Crippen LogP contribution in [0.4, 0.5) is 5.69 Å². The van der Waals surface area contributed by atoms with Crippen molar-refractivity contribution in [2.45, 2.75) is 52.2 Å². The SMILES string of the molecule is CN(C)c1cc(CNCC(C)(C)C)c(O)c2c1C[C@H]1C[C@H]3CC(=O)C(C(N)=O)=C(O)[C@@]3(O)C(=O)C1=C2O. The number of fused-ring (bicyclic) bond motifs is 3. The number of nitrogens with two attached hydrogens (primary N) is 1. The Hall–Kier alpha value is -3.37. The number of phenols is 1. The van der Waals surface area contributed by atoms with E-state index < -0.39 is 52.0 Å². The third-order valence-corrected chi connectivity index (χ3v) is 7.57. The molecule has 0 unspecified atom stereocenters. The molecule has 3 atom stereocenters. The highest BCUT2D eigenvalue weighted by molar-refractivity contribution is 6.22. The van der Waals surface area contributed by atoms with Crippen molar-refractivity contribution in [1.29, 1.82) is 0 Å². The molecule has 0 bridgehead atoms. The van der Waals surface area contributed by atoms with Gasteiger partial charge in [0.15, 0.2) is 11.4 Å². The lowest BCUT2D eigenvalue weighted by atomic mass is 9.59. The fraction of sp³-hybridized carbons (Fsp3) is 0.519. The summed E-state index contributed by atoms with van der Waals surface area (Å²) in [5.74, 6) is -6.26. The van der Waals surface area contributed by atoms with Crippen molar-refractivity contribution in [1.82, 2.24) is 5.32 Å². The van der Waals surface area contributed by atoms with Crippen LogP contribution in [0.15, 0.2) is 23.0 Å². The minimum absolute atomic E-state index is 0.00665. The summed E-state index contributed by atoms with van der Waals surface area (Å²) in [6.45, 7) is 7.22. The van der Waals surface area contributed by atoms with Crippen LogP contribution in [0.5, 0.6) is 5.75 Å². The number of ketones is 2. The molecule has 0 saturated heterocycles. The van der Waals surface area contributed by atoms with Gasteiger partial charge in [0.1, 0.15) is 22.8 Å². The monoisotopic (exact) mass is 513 g/mol. The predicted molar refractivity (Wildman–Crippen MR) is 137 cm³/mol. The van der Waals surface area contributed by atoms with Gasteiger partial charge in [-0.1, -0.05) is 20.8 Å². The summed E-state index contributed by atoms with van der Waals surface area (Å²) < 4.78 is 0. The maximum absolute atomic E-state index is 13.7. The number of aliphatic hydroxyl groups is 3. The van der Waals surface area contributed by atoms with E-state index in [2.05, 4.69) is 26.1 Å². The molecule has 1 aromatic carbocycles. The molecule has 3 aliphatic carbocycles. The molecular weight excluding hydrogens is 478 g/mol. The molecule has 0 aliphatic heterocycles. The van der Waals surface area contributed by atoms with Gasteiger partial charge in [-0.3, -0.25) is 14.4 Å². The zero-order valence-electron chi connectivity index (χ0n) is 21.8. The lowest BCUT2D eigenvalue weighted by Crippen LogP contribution is -2.58. The highest BCUT2D eigenvalue weighted by Gasteiger charge is 2.60. The van der Waals surface area contributed by atoms with Crippen molar-refractivity contribution in [3.63, 3.8) is 0 Å². The molecule has 1 aromatic rings. The second-order valence-electron chi connectivity index (χ2n) is 11.7. The van der Waals surface area contributed by atoms with Gasteiger partial charge in [0.25, 0.3) is 5.91 Å².